The van der Waals surface area contributed by atoms with Crippen LogP contribution in [-0.4, -0.2) is 25.0 Å². The summed E-state index contributed by atoms with van der Waals surface area (Å²) in [6.45, 7) is 4.49. The lowest BCUT2D eigenvalue weighted by Gasteiger charge is -2.22. The van der Waals surface area contributed by atoms with Gasteiger partial charge >= 0.3 is 0 Å². The lowest BCUT2D eigenvalue weighted by Crippen LogP contribution is -2.31. The maximum absolute atomic E-state index is 13.1. The zero-order chi connectivity index (χ0) is 12.5. The van der Waals surface area contributed by atoms with E-state index in [0.29, 0.717) is 5.41 Å². The Labute approximate surface area is 103 Å². The molecule has 0 unspecified atom stereocenters. The molecule has 1 fully saturated rings. The molecule has 17 heavy (non-hydrogen) atoms. The minimum absolute atomic E-state index is 0.128. The van der Waals surface area contributed by atoms with Crippen molar-refractivity contribution >= 4 is 0 Å². The van der Waals surface area contributed by atoms with Crippen LogP contribution in [0.2, 0.25) is 0 Å². The first-order valence-corrected chi connectivity index (χ1v) is 6.18. The van der Waals surface area contributed by atoms with Crippen LogP contribution in [0.4, 0.5) is 4.39 Å². The van der Waals surface area contributed by atoms with Gasteiger partial charge in [-0.25, -0.2) is 4.39 Å². The fourth-order valence-electron chi connectivity index (χ4n) is 2.35. The Morgan fingerprint density at radius 3 is 2.65 bits per heavy atom. The quantitative estimate of drug-likeness (QED) is 0.850. The van der Waals surface area contributed by atoms with E-state index >= 15 is 0 Å². The number of hydrogen-bond donors (Lipinski definition) is 1. The third kappa shape index (κ3) is 3.05. The van der Waals surface area contributed by atoms with E-state index in [1.165, 1.54) is 18.4 Å². The second-order valence-corrected chi connectivity index (χ2v) is 5.46. The SMILES string of the molecule is Cc1cc(CN(C)CC2(CN)CC2)ccc1F. The highest BCUT2D eigenvalue weighted by Gasteiger charge is 2.41. The number of aryl methyl sites for hydroxylation is 1. The highest BCUT2D eigenvalue weighted by molar-refractivity contribution is 5.23. The van der Waals surface area contributed by atoms with Gasteiger partial charge in [0.2, 0.25) is 0 Å². The average Bonchev–Trinajstić information content (AvgIpc) is 3.04. The Kier molecular flexibility index (Phi) is 3.50. The molecule has 1 aliphatic rings. The average molecular weight is 236 g/mol. The fraction of sp³-hybridized carbons (Fsp3) is 0.571. The third-order valence-corrected chi connectivity index (χ3v) is 3.67. The summed E-state index contributed by atoms with van der Waals surface area (Å²) >= 11 is 0. The van der Waals surface area contributed by atoms with Gasteiger partial charge in [0, 0.05) is 13.1 Å². The van der Waals surface area contributed by atoms with E-state index in [1.807, 2.05) is 12.1 Å². The number of rotatable bonds is 5. The van der Waals surface area contributed by atoms with Crippen molar-refractivity contribution in [3.05, 3.63) is 35.1 Å². The Morgan fingerprint density at radius 1 is 1.41 bits per heavy atom. The van der Waals surface area contributed by atoms with Crippen molar-refractivity contribution in [3.8, 4) is 0 Å². The van der Waals surface area contributed by atoms with Crippen LogP contribution in [0.3, 0.4) is 0 Å². The molecule has 1 aromatic carbocycles. The van der Waals surface area contributed by atoms with Crippen molar-refractivity contribution in [3.63, 3.8) is 0 Å². The molecule has 0 radical (unpaired) electrons. The number of halogens is 1. The van der Waals surface area contributed by atoms with Crippen molar-refractivity contribution in [2.75, 3.05) is 20.1 Å². The number of nitrogens with zero attached hydrogens (tertiary/aromatic N) is 1. The van der Waals surface area contributed by atoms with Crippen molar-refractivity contribution < 1.29 is 4.39 Å². The normalized spacial score (nSPS) is 17.5. The van der Waals surface area contributed by atoms with Crippen LogP contribution in [0.5, 0.6) is 0 Å². The van der Waals surface area contributed by atoms with E-state index in [1.54, 1.807) is 13.0 Å². The van der Waals surface area contributed by atoms with Crippen molar-refractivity contribution in [2.24, 2.45) is 11.1 Å². The highest BCUT2D eigenvalue weighted by atomic mass is 19.1. The Balaban J connectivity index is 1.93. The minimum atomic E-state index is -0.128. The van der Waals surface area contributed by atoms with E-state index in [0.717, 1.165) is 25.2 Å². The molecule has 94 valence electrons. The monoisotopic (exact) mass is 236 g/mol. The van der Waals surface area contributed by atoms with Crippen molar-refractivity contribution in [1.29, 1.82) is 0 Å². The molecule has 3 heteroatoms. The summed E-state index contributed by atoms with van der Waals surface area (Å²) in [5.74, 6) is -0.128. The van der Waals surface area contributed by atoms with Gasteiger partial charge in [0.25, 0.3) is 0 Å². The molecule has 0 bridgehead atoms. The van der Waals surface area contributed by atoms with Gasteiger partial charge < -0.3 is 10.6 Å². The molecule has 0 amide bonds. The smallest absolute Gasteiger partial charge is 0.126 e. The molecule has 0 aliphatic heterocycles. The molecule has 0 saturated heterocycles. The van der Waals surface area contributed by atoms with Crippen LogP contribution in [0.25, 0.3) is 0 Å². The van der Waals surface area contributed by atoms with Gasteiger partial charge in [0.05, 0.1) is 0 Å². The van der Waals surface area contributed by atoms with Gasteiger partial charge in [0.15, 0.2) is 0 Å². The first-order chi connectivity index (χ1) is 8.04. The van der Waals surface area contributed by atoms with Crippen LogP contribution in [0.15, 0.2) is 18.2 Å². The summed E-state index contributed by atoms with van der Waals surface area (Å²) < 4.78 is 13.1. The van der Waals surface area contributed by atoms with Gasteiger partial charge in [-0.1, -0.05) is 12.1 Å². The van der Waals surface area contributed by atoms with Gasteiger partial charge in [-0.2, -0.15) is 0 Å². The summed E-state index contributed by atoms with van der Waals surface area (Å²) in [5.41, 5.74) is 8.03. The topological polar surface area (TPSA) is 29.3 Å². The summed E-state index contributed by atoms with van der Waals surface area (Å²) in [5, 5.41) is 0. The van der Waals surface area contributed by atoms with E-state index in [-0.39, 0.29) is 5.82 Å². The number of hydrogen-bond acceptors (Lipinski definition) is 2. The minimum Gasteiger partial charge on any atom is -0.330 e. The number of nitrogens with two attached hydrogens (primary N) is 1. The molecular weight excluding hydrogens is 215 g/mol. The second-order valence-electron chi connectivity index (χ2n) is 5.46. The van der Waals surface area contributed by atoms with Crippen LogP contribution in [-0.2, 0) is 6.54 Å². The molecular formula is C14H21FN2. The second kappa shape index (κ2) is 4.75. The maximum Gasteiger partial charge on any atom is 0.126 e. The molecule has 1 saturated carbocycles. The van der Waals surface area contributed by atoms with Gasteiger partial charge in [-0.3, -0.25) is 0 Å². The molecule has 1 aliphatic carbocycles. The Morgan fingerprint density at radius 2 is 2.12 bits per heavy atom. The highest BCUT2D eigenvalue weighted by Crippen LogP contribution is 2.45. The zero-order valence-electron chi connectivity index (χ0n) is 10.7. The van der Waals surface area contributed by atoms with E-state index < -0.39 is 0 Å². The largest absolute Gasteiger partial charge is 0.330 e. The molecule has 2 rings (SSSR count). The van der Waals surface area contributed by atoms with Crippen LogP contribution in [0, 0.1) is 18.2 Å². The summed E-state index contributed by atoms with van der Waals surface area (Å²) in [7, 11) is 2.11. The van der Waals surface area contributed by atoms with Crippen molar-refractivity contribution in [1.82, 2.24) is 4.90 Å². The molecule has 0 heterocycles. The predicted octanol–water partition coefficient (Wildman–Crippen LogP) is 2.30. The molecule has 2 nitrogen and oxygen atoms in total. The van der Waals surface area contributed by atoms with Crippen LogP contribution < -0.4 is 5.73 Å². The first kappa shape index (κ1) is 12.5. The first-order valence-electron chi connectivity index (χ1n) is 6.18. The molecule has 0 aromatic heterocycles. The van der Waals surface area contributed by atoms with Gasteiger partial charge in [0.1, 0.15) is 5.82 Å². The molecule has 0 atom stereocenters. The van der Waals surface area contributed by atoms with Crippen LogP contribution >= 0.6 is 0 Å². The van der Waals surface area contributed by atoms with Gasteiger partial charge in [-0.05, 0) is 56.0 Å². The number of benzene rings is 1. The molecule has 2 N–H and O–H groups in total. The summed E-state index contributed by atoms with van der Waals surface area (Å²) in [4.78, 5) is 2.28. The molecule has 1 aromatic rings. The Bertz CT molecular complexity index is 399. The maximum atomic E-state index is 13.1. The lowest BCUT2D eigenvalue weighted by molar-refractivity contribution is 0.259. The van der Waals surface area contributed by atoms with Crippen molar-refractivity contribution in [2.45, 2.75) is 26.3 Å². The van der Waals surface area contributed by atoms with E-state index in [4.69, 9.17) is 5.73 Å². The molecule has 0 spiro atoms. The standard InChI is InChI=1S/C14H21FN2/c1-11-7-12(3-4-13(11)15)8-17(2)10-14(9-16)5-6-14/h3-4,7H,5-6,8-10,16H2,1-2H3. The lowest BCUT2D eigenvalue weighted by atomic mass is 10.1. The summed E-state index contributed by atoms with van der Waals surface area (Å²) in [6, 6.07) is 5.34. The van der Waals surface area contributed by atoms with Crippen LogP contribution in [0.1, 0.15) is 24.0 Å². The zero-order valence-corrected chi connectivity index (χ0v) is 10.7. The van der Waals surface area contributed by atoms with E-state index in [2.05, 4.69) is 11.9 Å². The third-order valence-electron chi connectivity index (χ3n) is 3.67. The van der Waals surface area contributed by atoms with Gasteiger partial charge in [-0.15, -0.1) is 0 Å². The summed E-state index contributed by atoms with van der Waals surface area (Å²) in [6.07, 6.45) is 2.49. The predicted molar refractivity (Wildman–Crippen MR) is 68.2 cm³/mol. The Hall–Kier alpha value is -0.930. The van der Waals surface area contributed by atoms with E-state index in [9.17, 15) is 4.39 Å². The fourth-order valence-corrected chi connectivity index (χ4v) is 2.35.